The molecule has 0 spiro atoms. The molecule has 2 aliphatic rings. The Morgan fingerprint density at radius 3 is 2.71 bits per heavy atom. The van der Waals surface area contributed by atoms with Crippen LogP contribution in [0.4, 0.5) is 4.79 Å². The van der Waals surface area contributed by atoms with Gasteiger partial charge in [0.15, 0.2) is 11.5 Å². The maximum Gasteiger partial charge on any atom is 0.293 e. The van der Waals surface area contributed by atoms with Gasteiger partial charge in [0.25, 0.3) is 11.1 Å². The second kappa shape index (κ2) is 9.26. The minimum atomic E-state index is -0.364. The highest BCUT2D eigenvalue weighted by atomic mass is 32.2. The Morgan fingerprint density at radius 1 is 1.16 bits per heavy atom. The summed E-state index contributed by atoms with van der Waals surface area (Å²) in [6.07, 6.45) is 2.32. The number of imide groups is 1. The lowest BCUT2D eigenvalue weighted by molar-refractivity contribution is -0.125. The number of carbonyl (C=O) groups excluding carboxylic acids is 3. The van der Waals surface area contributed by atoms with Crippen LogP contribution < -0.4 is 14.8 Å². The van der Waals surface area contributed by atoms with E-state index in [0.717, 1.165) is 27.8 Å². The average Bonchev–Trinajstić information content (AvgIpc) is 3.34. The standard InChI is InChI=1S/C23H22N2O5S/c1-2-17(16-6-4-3-5-7-16)21(26)24-10-11-25-22(27)20(31-23(25)28)13-15-8-9-18-19(12-15)30-14-29-18/h3-9,12-13,17H,2,10-11,14H2,1H3,(H,24,26)/b20-13-/t17-/m1/s1. The molecule has 3 amide bonds. The van der Waals surface area contributed by atoms with Crippen molar-refractivity contribution in [3.8, 4) is 11.5 Å². The summed E-state index contributed by atoms with van der Waals surface area (Å²) in [6, 6.07) is 14.9. The second-order valence-electron chi connectivity index (χ2n) is 7.11. The number of rotatable bonds is 7. The number of nitrogens with one attached hydrogen (secondary N) is 1. The van der Waals surface area contributed by atoms with Gasteiger partial charge in [-0.05, 0) is 47.5 Å². The van der Waals surface area contributed by atoms with Crippen LogP contribution in [0.2, 0.25) is 0 Å². The van der Waals surface area contributed by atoms with Crippen molar-refractivity contribution in [1.82, 2.24) is 10.2 Å². The predicted octanol–water partition coefficient (Wildman–Crippen LogP) is 3.76. The van der Waals surface area contributed by atoms with Crippen molar-refractivity contribution < 1.29 is 23.9 Å². The molecule has 1 N–H and O–H groups in total. The lowest BCUT2D eigenvalue weighted by atomic mass is 9.96. The number of hydrogen-bond acceptors (Lipinski definition) is 6. The van der Waals surface area contributed by atoms with Crippen molar-refractivity contribution in [1.29, 1.82) is 0 Å². The summed E-state index contributed by atoms with van der Waals surface area (Å²) in [6.45, 7) is 2.45. The fraction of sp³-hybridized carbons (Fsp3) is 0.261. The van der Waals surface area contributed by atoms with Crippen LogP contribution in [-0.2, 0) is 9.59 Å². The molecule has 0 aliphatic carbocycles. The van der Waals surface area contributed by atoms with Crippen LogP contribution in [-0.4, -0.2) is 41.8 Å². The quantitative estimate of drug-likeness (QED) is 0.663. The Labute approximate surface area is 184 Å². The molecule has 1 atom stereocenters. The molecule has 2 aliphatic heterocycles. The molecule has 2 heterocycles. The van der Waals surface area contributed by atoms with E-state index in [1.165, 1.54) is 0 Å². The Morgan fingerprint density at radius 2 is 1.94 bits per heavy atom. The van der Waals surface area contributed by atoms with Gasteiger partial charge in [-0.3, -0.25) is 19.3 Å². The van der Waals surface area contributed by atoms with Crippen molar-refractivity contribution in [2.24, 2.45) is 0 Å². The smallest absolute Gasteiger partial charge is 0.293 e. The average molecular weight is 439 g/mol. The van der Waals surface area contributed by atoms with Gasteiger partial charge < -0.3 is 14.8 Å². The number of carbonyl (C=O) groups is 3. The van der Waals surface area contributed by atoms with Crippen molar-refractivity contribution >= 4 is 34.9 Å². The molecule has 2 aromatic rings. The molecule has 1 fully saturated rings. The van der Waals surface area contributed by atoms with Gasteiger partial charge in [-0.1, -0.05) is 43.3 Å². The van der Waals surface area contributed by atoms with Gasteiger partial charge >= 0.3 is 0 Å². The maximum absolute atomic E-state index is 12.7. The molecule has 0 radical (unpaired) electrons. The molecule has 0 unspecified atom stereocenters. The molecule has 4 rings (SSSR count). The number of ether oxygens (including phenoxy) is 2. The first-order valence-electron chi connectivity index (χ1n) is 10.0. The lowest BCUT2D eigenvalue weighted by Crippen LogP contribution is -2.38. The van der Waals surface area contributed by atoms with Crippen LogP contribution in [0.5, 0.6) is 11.5 Å². The van der Waals surface area contributed by atoms with E-state index in [1.807, 2.05) is 37.3 Å². The third-order valence-corrected chi connectivity index (χ3v) is 6.04. The van der Waals surface area contributed by atoms with Crippen LogP contribution in [0, 0.1) is 0 Å². The Hall–Kier alpha value is -3.26. The van der Waals surface area contributed by atoms with Gasteiger partial charge in [0.2, 0.25) is 12.7 Å². The number of amides is 3. The fourth-order valence-corrected chi connectivity index (χ4v) is 4.38. The van der Waals surface area contributed by atoms with Crippen molar-refractivity contribution in [3.63, 3.8) is 0 Å². The van der Waals surface area contributed by atoms with Gasteiger partial charge in [0.1, 0.15) is 0 Å². The van der Waals surface area contributed by atoms with Crippen molar-refractivity contribution in [2.45, 2.75) is 19.3 Å². The SMILES string of the molecule is CC[C@@H](C(=O)NCCN1C(=O)S/C(=C\c2ccc3c(c2)OCO3)C1=O)c1ccccc1. The molecule has 0 bridgehead atoms. The number of fused-ring (bicyclic) bond motifs is 1. The van der Waals surface area contributed by atoms with Crippen LogP contribution in [0.15, 0.2) is 53.4 Å². The Balaban J connectivity index is 1.35. The molecule has 8 heteroatoms. The first kappa shape index (κ1) is 21.0. The minimum absolute atomic E-state index is 0.114. The first-order chi connectivity index (χ1) is 15.1. The summed E-state index contributed by atoms with van der Waals surface area (Å²) >= 11 is 0.890. The zero-order valence-electron chi connectivity index (χ0n) is 17.0. The summed E-state index contributed by atoms with van der Waals surface area (Å²) in [5, 5.41) is 2.50. The maximum atomic E-state index is 12.7. The molecular formula is C23H22N2O5S. The number of hydrogen-bond donors (Lipinski definition) is 1. The summed E-state index contributed by atoms with van der Waals surface area (Å²) in [4.78, 5) is 39.1. The van der Waals surface area contributed by atoms with Gasteiger partial charge in [0, 0.05) is 13.1 Å². The summed E-state index contributed by atoms with van der Waals surface area (Å²) < 4.78 is 10.6. The third kappa shape index (κ3) is 4.59. The van der Waals surface area contributed by atoms with Crippen LogP contribution in [0.25, 0.3) is 6.08 Å². The van der Waals surface area contributed by atoms with E-state index in [2.05, 4.69) is 5.32 Å². The first-order valence-corrected chi connectivity index (χ1v) is 10.9. The van der Waals surface area contributed by atoms with E-state index in [0.29, 0.717) is 22.8 Å². The van der Waals surface area contributed by atoms with Crippen molar-refractivity contribution in [2.75, 3.05) is 19.9 Å². The molecule has 2 aromatic carbocycles. The lowest BCUT2D eigenvalue weighted by Gasteiger charge is -2.17. The van der Waals surface area contributed by atoms with E-state index in [-0.39, 0.29) is 42.9 Å². The molecule has 0 saturated carbocycles. The highest BCUT2D eigenvalue weighted by molar-refractivity contribution is 8.18. The van der Waals surface area contributed by atoms with E-state index in [1.54, 1.807) is 24.3 Å². The number of thioether (sulfide) groups is 1. The topological polar surface area (TPSA) is 84.9 Å². The largest absolute Gasteiger partial charge is 0.454 e. The Bertz CT molecular complexity index is 1040. The third-order valence-electron chi connectivity index (χ3n) is 5.13. The molecular weight excluding hydrogens is 416 g/mol. The Kier molecular flexibility index (Phi) is 6.27. The van der Waals surface area contributed by atoms with Crippen molar-refractivity contribution in [3.05, 3.63) is 64.6 Å². The highest BCUT2D eigenvalue weighted by Crippen LogP contribution is 2.36. The minimum Gasteiger partial charge on any atom is -0.454 e. The predicted molar refractivity (Wildman–Crippen MR) is 118 cm³/mol. The van der Waals surface area contributed by atoms with E-state index >= 15 is 0 Å². The zero-order valence-corrected chi connectivity index (χ0v) is 17.8. The highest BCUT2D eigenvalue weighted by Gasteiger charge is 2.35. The summed E-state index contributed by atoms with van der Waals surface area (Å²) in [5.74, 6) is 0.525. The van der Waals surface area contributed by atoms with E-state index in [4.69, 9.17) is 9.47 Å². The van der Waals surface area contributed by atoms with Gasteiger partial charge in [-0.15, -0.1) is 0 Å². The van der Waals surface area contributed by atoms with Gasteiger partial charge in [-0.25, -0.2) is 0 Å². The van der Waals surface area contributed by atoms with Crippen LogP contribution >= 0.6 is 11.8 Å². The molecule has 1 saturated heterocycles. The number of nitrogens with zero attached hydrogens (tertiary/aromatic N) is 1. The molecule has 160 valence electrons. The van der Waals surface area contributed by atoms with Gasteiger partial charge in [-0.2, -0.15) is 0 Å². The zero-order chi connectivity index (χ0) is 21.8. The summed E-state index contributed by atoms with van der Waals surface area (Å²) in [7, 11) is 0. The second-order valence-corrected chi connectivity index (χ2v) is 8.10. The fourth-order valence-electron chi connectivity index (χ4n) is 3.52. The van der Waals surface area contributed by atoms with E-state index < -0.39 is 0 Å². The van der Waals surface area contributed by atoms with Gasteiger partial charge in [0.05, 0.1) is 10.8 Å². The van der Waals surface area contributed by atoms with Crippen LogP contribution in [0.3, 0.4) is 0 Å². The molecule has 0 aromatic heterocycles. The van der Waals surface area contributed by atoms with Crippen LogP contribution in [0.1, 0.15) is 30.4 Å². The molecule has 7 nitrogen and oxygen atoms in total. The van der Waals surface area contributed by atoms with E-state index in [9.17, 15) is 14.4 Å². The normalized spacial score (nSPS) is 17.3. The monoisotopic (exact) mass is 438 g/mol. The number of benzene rings is 2. The summed E-state index contributed by atoms with van der Waals surface area (Å²) in [5.41, 5.74) is 1.69. The molecule has 31 heavy (non-hydrogen) atoms.